The fourth-order valence-electron chi connectivity index (χ4n) is 6.27. The molecule has 0 spiro atoms. The van der Waals surface area contributed by atoms with Crippen LogP contribution in [0.4, 0.5) is 0 Å². The van der Waals surface area contributed by atoms with Crippen molar-refractivity contribution in [1.82, 2.24) is 0 Å². The second-order valence-electron chi connectivity index (χ2n) is 15.8. The first-order valence-corrected chi connectivity index (χ1v) is 25.7. The minimum absolute atomic E-state index is 0.0324. The number of unbranched alkanes of at least 4 members (excludes halogenated alkanes) is 17. The predicted molar refractivity (Wildman–Crippen MR) is 258 cm³/mol. The van der Waals surface area contributed by atoms with E-state index in [1.807, 2.05) is 48.6 Å². The zero-order valence-electron chi connectivity index (χ0n) is 38.9. The van der Waals surface area contributed by atoms with Gasteiger partial charge in [-0.1, -0.05) is 189 Å². The number of aliphatic hydroxyl groups is 1. The third-order valence-electron chi connectivity index (χ3n) is 9.86. The maximum Gasteiger partial charge on any atom is 0.472 e. The second-order valence-corrected chi connectivity index (χ2v) is 17.2. The first kappa shape index (κ1) is 59.1. The minimum Gasteiger partial charge on any atom is -0.462 e. The van der Waals surface area contributed by atoms with E-state index >= 15 is 0 Å². The normalized spacial score (nSPS) is 14.5. The lowest BCUT2D eigenvalue weighted by atomic mass is 10.0. The highest BCUT2D eigenvalue weighted by Gasteiger charge is 2.26. The van der Waals surface area contributed by atoms with E-state index in [-0.39, 0.29) is 32.6 Å². The Morgan fingerprint density at radius 3 is 1.73 bits per heavy atom. The number of ether oxygens (including phenoxy) is 2. The molecule has 0 aromatic heterocycles. The van der Waals surface area contributed by atoms with Crippen LogP contribution in [0.25, 0.3) is 0 Å². The van der Waals surface area contributed by atoms with Crippen LogP contribution in [0.15, 0.2) is 85.1 Å². The number of carbonyl (C=O) groups excluding carboxylic acids is 2. The molecule has 0 radical (unpaired) electrons. The molecule has 0 amide bonds. The highest BCUT2D eigenvalue weighted by Crippen LogP contribution is 2.43. The lowest BCUT2D eigenvalue weighted by molar-refractivity contribution is -0.161. The quantitative estimate of drug-likeness (QED) is 0.0177. The largest absolute Gasteiger partial charge is 0.472 e. The molecule has 3 atom stereocenters. The molecule has 0 aromatic carbocycles. The Morgan fingerprint density at radius 1 is 0.581 bits per heavy atom. The number of hydrogen-bond donors (Lipinski definition) is 3. The molecule has 0 aliphatic carbocycles. The van der Waals surface area contributed by atoms with Crippen LogP contribution in [0, 0.1) is 0 Å². The molecule has 62 heavy (non-hydrogen) atoms. The molecule has 10 nitrogen and oxygen atoms in total. The average molecular weight is 890 g/mol. The van der Waals surface area contributed by atoms with Crippen molar-refractivity contribution in [2.24, 2.45) is 5.73 Å². The van der Waals surface area contributed by atoms with Gasteiger partial charge < -0.3 is 25.2 Å². The van der Waals surface area contributed by atoms with Crippen molar-refractivity contribution in [3.05, 3.63) is 85.1 Å². The zero-order valence-corrected chi connectivity index (χ0v) is 39.8. The molecule has 0 aliphatic heterocycles. The number of phosphoric acid groups is 1. The summed E-state index contributed by atoms with van der Waals surface area (Å²) in [4.78, 5) is 35.0. The number of aliphatic hydroxyl groups excluding tert-OH is 1. The van der Waals surface area contributed by atoms with Crippen LogP contribution in [-0.4, -0.2) is 60.5 Å². The van der Waals surface area contributed by atoms with E-state index in [1.54, 1.807) is 6.08 Å². The van der Waals surface area contributed by atoms with Crippen molar-refractivity contribution < 1.29 is 42.7 Å². The monoisotopic (exact) mass is 890 g/mol. The van der Waals surface area contributed by atoms with Crippen LogP contribution in [0.3, 0.4) is 0 Å². The highest BCUT2D eigenvalue weighted by molar-refractivity contribution is 7.47. The van der Waals surface area contributed by atoms with Crippen molar-refractivity contribution >= 4 is 19.8 Å². The molecular formula is C51H88NO9P. The summed E-state index contributed by atoms with van der Waals surface area (Å²) in [6.07, 6.45) is 55.2. The van der Waals surface area contributed by atoms with Crippen LogP contribution in [-0.2, 0) is 32.7 Å². The van der Waals surface area contributed by atoms with Crippen molar-refractivity contribution in [3.63, 3.8) is 0 Å². The molecule has 0 heterocycles. The van der Waals surface area contributed by atoms with Crippen molar-refractivity contribution in [3.8, 4) is 0 Å². The Hall–Kier alpha value is -2.85. The number of allylic oxidation sites excluding steroid dienone is 12. The molecule has 356 valence electrons. The number of nitrogens with two attached hydrogens (primary N) is 1. The van der Waals surface area contributed by atoms with Crippen molar-refractivity contribution in [2.75, 3.05) is 26.4 Å². The smallest absolute Gasteiger partial charge is 0.462 e. The van der Waals surface area contributed by atoms with Crippen LogP contribution in [0.5, 0.6) is 0 Å². The van der Waals surface area contributed by atoms with E-state index in [9.17, 15) is 24.2 Å². The van der Waals surface area contributed by atoms with Crippen molar-refractivity contribution in [1.29, 1.82) is 0 Å². The number of carbonyl (C=O) groups is 2. The Kier molecular flexibility index (Phi) is 44.0. The summed E-state index contributed by atoms with van der Waals surface area (Å²) in [5.74, 6) is -0.960. The summed E-state index contributed by atoms with van der Waals surface area (Å²) in [7, 11) is -4.41. The molecule has 0 fully saturated rings. The van der Waals surface area contributed by atoms with Gasteiger partial charge in [-0.25, -0.2) is 4.57 Å². The summed E-state index contributed by atoms with van der Waals surface area (Å²) in [6.45, 7) is 3.45. The number of hydrogen-bond acceptors (Lipinski definition) is 9. The van der Waals surface area contributed by atoms with Crippen molar-refractivity contribution in [2.45, 2.75) is 199 Å². The summed E-state index contributed by atoms with van der Waals surface area (Å²) in [5, 5.41) is 10.0. The molecule has 0 aliphatic rings. The van der Waals surface area contributed by atoms with Gasteiger partial charge in [0.05, 0.1) is 19.3 Å². The number of rotatable bonds is 44. The van der Waals surface area contributed by atoms with E-state index < -0.39 is 38.6 Å². The number of phosphoric ester groups is 1. The van der Waals surface area contributed by atoms with Gasteiger partial charge in [-0.15, -0.1) is 0 Å². The van der Waals surface area contributed by atoms with E-state index in [4.69, 9.17) is 24.3 Å². The summed E-state index contributed by atoms with van der Waals surface area (Å²) in [5.41, 5.74) is 5.35. The lowest BCUT2D eigenvalue weighted by Crippen LogP contribution is -2.29. The Bertz CT molecular complexity index is 1310. The predicted octanol–water partition coefficient (Wildman–Crippen LogP) is 13.4. The van der Waals surface area contributed by atoms with Gasteiger partial charge in [0.2, 0.25) is 0 Å². The Morgan fingerprint density at radius 2 is 1.11 bits per heavy atom. The van der Waals surface area contributed by atoms with Crippen LogP contribution >= 0.6 is 7.82 Å². The van der Waals surface area contributed by atoms with Gasteiger partial charge in [0, 0.05) is 19.4 Å². The van der Waals surface area contributed by atoms with Gasteiger partial charge in [0.1, 0.15) is 6.61 Å². The van der Waals surface area contributed by atoms with E-state index in [0.717, 1.165) is 44.9 Å². The summed E-state index contributed by atoms with van der Waals surface area (Å²) >= 11 is 0. The van der Waals surface area contributed by atoms with E-state index in [0.29, 0.717) is 19.3 Å². The molecule has 4 N–H and O–H groups in total. The minimum atomic E-state index is -4.41. The first-order chi connectivity index (χ1) is 30.2. The van der Waals surface area contributed by atoms with Crippen LogP contribution < -0.4 is 5.73 Å². The molecule has 11 heteroatoms. The maximum absolute atomic E-state index is 12.6. The molecular weight excluding hydrogens is 802 g/mol. The fourth-order valence-corrected chi connectivity index (χ4v) is 7.03. The standard InChI is InChI=1S/C51H88NO9P/c1-3-5-7-9-11-12-13-14-15-16-17-18-19-20-21-22-23-28-31-35-39-43-51(55)61-49(47-60-62(56,57)59-45-44-52)46-58-50(54)42-38-34-30-27-25-24-26-29-33-37-41-48(53)40-36-32-10-8-6-4-2/h6,8,14-15,24-25,29-30,32-34,36-37,41,48-49,53H,3-5,7,9-13,16-23,26-28,31,35,38-40,42-47,52H2,1-2H3,(H,56,57)/b8-6-,15-14-,25-24-,33-29-,34-30-,36-32-,41-37+/t48?,49-/m1/s1. The molecule has 0 rings (SSSR count). The number of esters is 2. The zero-order chi connectivity index (χ0) is 45.5. The molecule has 0 saturated heterocycles. The summed E-state index contributed by atoms with van der Waals surface area (Å²) < 4.78 is 32.8. The van der Waals surface area contributed by atoms with Gasteiger partial charge in [0.15, 0.2) is 6.10 Å². The summed E-state index contributed by atoms with van der Waals surface area (Å²) in [6, 6.07) is 0. The molecule has 0 saturated carbocycles. The maximum atomic E-state index is 12.6. The highest BCUT2D eigenvalue weighted by atomic mass is 31.2. The van der Waals surface area contributed by atoms with Crippen LogP contribution in [0.1, 0.15) is 187 Å². The molecule has 0 bridgehead atoms. The molecule has 0 aromatic rings. The van der Waals surface area contributed by atoms with Crippen LogP contribution in [0.2, 0.25) is 0 Å². The van der Waals surface area contributed by atoms with Gasteiger partial charge in [-0.2, -0.15) is 0 Å². The topological polar surface area (TPSA) is 155 Å². The second kappa shape index (κ2) is 46.2. The fraction of sp³-hybridized carbons (Fsp3) is 0.686. The van der Waals surface area contributed by atoms with E-state index in [1.165, 1.54) is 96.3 Å². The average Bonchev–Trinajstić information content (AvgIpc) is 3.26. The molecule has 2 unspecified atom stereocenters. The first-order valence-electron chi connectivity index (χ1n) is 24.2. The Balaban J connectivity index is 4.25. The van der Waals surface area contributed by atoms with Gasteiger partial charge >= 0.3 is 19.8 Å². The van der Waals surface area contributed by atoms with E-state index in [2.05, 4.69) is 44.2 Å². The lowest BCUT2D eigenvalue weighted by Gasteiger charge is -2.19. The Labute approximate surface area is 377 Å². The van der Waals surface area contributed by atoms with Gasteiger partial charge in [-0.3, -0.25) is 18.6 Å². The van der Waals surface area contributed by atoms with Gasteiger partial charge in [-0.05, 0) is 70.6 Å². The SMILES string of the molecule is CC/C=C\C/C=C\CC(O)/C=C/C=C\C/C=C\C/C=C\CCC(=O)OC[C@H](COP(=O)(O)OCCN)OC(=O)CCCCCCCCCCCCC/C=C\CCCCCCCC. The van der Waals surface area contributed by atoms with Gasteiger partial charge in [0.25, 0.3) is 0 Å². The third-order valence-corrected chi connectivity index (χ3v) is 10.8. The third kappa shape index (κ3) is 45.2.